The molecule has 0 radical (unpaired) electrons. The second kappa shape index (κ2) is 15.3. The summed E-state index contributed by atoms with van der Waals surface area (Å²) in [4.78, 5) is 29.5. The molecule has 1 aliphatic rings. The molecule has 5 heteroatoms. The van der Waals surface area contributed by atoms with Crippen LogP contribution in [0.1, 0.15) is 143 Å². The summed E-state index contributed by atoms with van der Waals surface area (Å²) < 4.78 is 7.33. The van der Waals surface area contributed by atoms with Gasteiger partial charge < -0.3 is 0 Å². The molecule has 50 heavy (non-hydrogen) atoms. The number of hydrogen-bond donors (Lipinski definition) is 0. The summed E-state index contributed by atoms with van der Waals surface area (Å²) in [5, 5.41) is 0. The summed E-state index contributed by atoms with van der Waals surface area (Å²) in [7, 11) is 0. The SMILES string of the molecule is CCC[CH2][Sn]1([CH2]CCC)[n]2c(C(=O)c3ccc(C)cc3)ccc2C(c2c(CC)cc(CC)cc2CC)c2ccc(C(=O)c3ccc(C)cc3)[n]21. The number of fused-ring (bicyclic) bond motifs is 2. The molecule has 0 bridgehead atoms. The van der Waals surface area contributed by atoms with E-state index in [1.807, 2.05) is 48.5 Å². The van der Waals surface area contributed by atoms with Crippen LogP contribution in [0.3, 0.4) is 0 Å². The number of nitrogens with zero attached hydrogens (tertiary/aromatic N) is 2. The number of unbranched alkanes of at least 4 members (excludes halogenated alkanes) is 2. The van der Waals surface area contributed by atoms with Crippen LogP contribution in [0.5, 0.6) is 0 Å². The standard InChI is InChI=1S/C37H38N2O2.2C4H9.Sn/c1-6-25-21-26(7-2)34(27(8-3)22-25)35(30-17-19-32(38-30)36(40)28-13-9-23(4)10-14-28)31-18-20-33(39-31)37(41)29-15-11-24(5)12-16-29;2*1-3-4-2;/h9-22,35H,6-8H2,1-5H3,(H2,38,39,40,41);2*1,3-4H2,2H3;/q;;;+2/p-2. The van der Waals surface area contributed by atoms with Crippen molar-refractivity contribution in [3.05, 3.63) is 152 Å². The molecule has 1 aliphatic heterocycles. The molecule has 0 fully saturated rings. The number of aromatic nitrogens is 2. The average Bonchev–Trinajstić information content (AvgIpc) is 3.79. The van der Waals surface area contributed by atoms with E-state index in [1.165, 1.54) is 33.6 Å². The summed E-state index contributed by atoms with van der Waals surface area (Å²) in [6, 6.07) is 29.7. The zero-order chi connectivity index (χ0) is 35.6. The zero-order valence-corrected chi connectivity index (χ0v) is 34.1. The number of benzene rings is 3. The zero-order valence-electron chi connectivity index (χ0n) is 31.2. The van der Waals surface area contributed by atoms with Gasteiger partial charge in [-0.2, -0.15) is 0 Å². The number of carbonyl (C=O) groups excluding carboxylic acids is 2. The minimum atomic E-state index is -3.95. The molecule has 0 saturated carbocycles. The molecular weight excluding hydrogens is 719 g/mol. The molecule has 0 atom stereocenters. The predicted molar refractivity (Wildman–Crippen MR) is 210 cm³/mol. The summed E-state index contributed by atoms with van der Waals surface area (Å²) >= 11 is -3.95. The Balaban J connectivity index is 1.73. The topological polar surface area (TPSA) is 44.0 Å². The number of hydrogen-bond acceptors (Lipinski definition) is 2. The van der Waals surface area contributed by atoms with E-state index in [9.17, 15) is 9.59 Å². The summed E-state index contributed by atoms with van der Waals surface area (Å²) in [6.07, 6.45) is 7.14. The van der Waals surface area contributed by atoms with Crippen LogP contribution < -0.4 is 0 Å². The van der Waals surface area contributed by atoms with Gasteiger partial charge in [-0.25, -0.2) is 0 Å². The van der Waals surface area contributed by atoms with Crippen molar-refractivity contribution in [2.45, 2.75) is 108 Å². The van der Waals surface area contributed by atoms with Crippen molar-refractivity contribution in [2.24, 2.45) is 0 Å². The first-order valence-electron chi connectivity index (χ1n) is 19.0. The van der Waals surface area contributed by atoms with Gasteiger partial charge in [0, 0.05) is 0 Å². The average molecular weight is 774 g/mol. The molecule has 3 aromatic carbocycles. The second-order valence-electron chi connectivity index (χ2n) is 14.4. The molecule has 0 saturated heterocycles. The maximum absolute atomic E-state index is 14.8. The Morgan fingerprint density at radius 3 is 1.36 bits per heavy atom. The van der Waals surface area contributed by atoms with Crippen LogP contribution in [-0.2, 0) is 19.3 Å². The van der Waals surface area contributed by atoms with Gasteiger partial charge >= 0.3 is 306 Å². The summed E-state index contributed by atoms with van der Waals surface area (Å²) in [5.41, 5.74) is 13.3. The van der Waals surface area contributed by atoms with Crippen LogP contribution in [0.2, 0.25) is 8.87 Å². The Hall–Kier alpha value is -3.64. The quantitative estimate of drug-likeness (QED) is 0.0833. The molecule has 5 aromatic rings. The Bertz CT molecular complexity index is 1850. The van der Waals surface area contributed by atoms with E-state index >= 15 is 0 Å². The van der Waals surface area contributed by atoms with Crippen molar-refractivity contribution in [2.75, 3.05) is 0 Å². The molecule has 3 heterocycles. The Morgan fingerprint density at radius 2 is 1.00 bits per heavy atom. The van der Waals surface area contributed by atoms with Crippen molar-refractivity contribution >= 4 is 30.5 Å². The van der Waals surface area contributed by atoms with Crippen molar-refractivity contribution in [3.8, 4) is 0 Å². The molecule has 260 valence electrons. The van der Waals surface area contributed by atoms with E-state index < -0.39 is 18.9 Å². The second-order valence-corrected chi connectivity index (χ2v) is 25.4. The van der Waals surface area contributed by atoms with Gasteiger partial charge in [-0.05, 0) is 0 Å². The first-order chi connectivity index (χ1) is 24.2. The van der Waals surface area contributed by atoms with Gasteiger partial charge in [0.1, 0.15) is 0 Å². The maximum atomic E-state index is 14.8. The van der Waals surface area contributed by atoms with Crippen molar-refractivity contribution in [1.29, 1.82) is 0 Å². The van der Waals surface area contributed by atoms with Gasteiger partial charge in [0.05, 0.1) is 0 Å². The Morgan fingerprint density at radius 1 is 0.580 bits per heavy atom. The fourth-order valence-electron chi connectivity index (χ4n) is 8.39. The van der Waals surface area contributed by atoms with Crippen molar-refractivity contribution in [3.63, 3.8) is 0 Å². The van der Waals surface area contributed by atoms with Crippen molar-refractivity contribution < 1.29 is 9.59 Å². The van der Waals surface area contributed by atoms with Crippen LogP contribution in [0.15, 0.2) is 84.9 Å². The molecule has 0 spiro atoms. The van der Waals surface area contributed by atoms with Crippen molar-refractivity contribution in [1.82, 2.24) is 5.58 Å². The Kier molecular flexibility index (Phi) is 11.1. The fraction of sp³-hybridized carbons (Fsp3) is 0.378. The monoisotopic (exact) mass is 774 g/mol. The van der Waals surface area contributed by atoms with Crippen LogP contribution in [-0.4, -0.2) is 36.1 Å². The van der Waals surface area contributed by atoms with Gasteiger partial charge in [-0.1, -0.05) is 0 Å². The van der Waals surface area contributed by atoms with Crippen LogP contribution in [0, 0.1) is 13.8 Å². The van der Waals surface area contributed by atoms with Crippen LogP contribution >= 0.6 is 0 Å². The van der Waals surface area contributed by atoms with E-state index in [1.54, 1.807) is 0 Å². The third-order valence-electron chi connectivity index (χ3n) is 11.1. The van der Waals surface area contributed by atoms with E-state index in [-0.39, 0.29) is 17.5 Å². The summed E-state index contributed by atoms with van der Waals surface area (Å²) in [5.74, 6) is 0.0933. The first-order valence-corrected chi connectivity index (χ1v) is 25.6. The van der Waals surface area contributed by atoms with E-state index in [0.717, 1.165) is 87.5 Å². The molecule has 0 aliphatic carbocycles. The number of ketones is 2. The van der Waals surface area contributed by atoms with Gasteiger partial charge in [-0.15, -0.1) is 0 Å². The first kappa shape index (κ1) is 36.2. The number of carbonyl (C=O) groups is 2. The normalized spacial score (nSPS) is 13.7. The number of rotatable bonds is 14. The van der Waals surface area contributed by atoms with Crippen LogP contribution in [0.4, 0.5) is 0 Å². The third kappa shape index (κ3) is 6.38. The van der Waals surface area contributed by atoms with E-state index in [2.05, 4.69) is 90.4 Å². The summed E-state index contributed by atoms with van der Waals surface area (Å²) in [6.45, 7) is 15.4. The fourth-order valence-corrected chi connectivity index (χ4v) is 25.0. The number of aryl methyl sites for hydroxylation is 5. The van der Waals surface area contributed by atoms with Gasteiger partial charge in [-0.3, -0.25) is 0 Å². The van der Waals surface area contributed by atoms with Gasteiger partial charge in [0.15, 0.2) is 0 Å². The van der Waals surface area contributed by atoms with E-state index in [0.29, 0.717) is 0 Å². The molecule has 0 unspecified atom stereocenters. The van der Waals surface area contributed by atoms with E-state index in [4.69, 9.17) is 0 Å². The van der Waals surface area contributed by atoms with Gasteiger partial charge in [0.2, 0.25) is 0 Å². The van der Waals surface area contributed by atoms with Crippen LogP contribution in [0.25, 0.3) is 0 Å². The molecule has 4 nitrogen and oxygen atoms in total. The van der Waals surface area contributed by atoms with Gasteiger partial charge in [0.25, 0.3) is 0 Å². The predicted octanol–water partition coefficient (Wildman–Crippen LogP) is 11.0. The molecule has 0 amide bonds. The molecular formula is C45H54N2O2Sn. The molecule has 2 aromatic heterocycles. The Labute approximate surface area is 304 Å². The molecule has 6 rings (SSSR count). The third-order valence-corrected chi connectivity index (χ3v) is 25.3. The minimum absolute atomic E-state index is 0.0713. The molecule has 0 N–H and O–H groups in total.